The van der Waals surface area contributed by atoms with E-state index in [0.717, 1.165) is 63.0 Å². The highest BCUT2D eigenvalue weighted by Gasteiger charge is 2.40. The molecule has 0 amide bonds. The van der Waals surface area contributed by atoms with E-state index in [2.05, 4.69) is 28.8 Å². The number of rotatable bonds is 10. The van der Waals surface area contributed by atoms with Crippen molar-refractivity contribution in [2.45, 2.75) is 105 Å². The van der Waals surface area contributed by atoms with Gasteiger partial charge in [-0.1, -0.05) is 24.3 Å². The highest BCUT2D eigenvalue weighted by Crippen LogP contribution is 2.35. The molecule has 2 fully saturated rings. The molecule has 0 saturated carbocycles. The molecule has 0 atom stereocenters. The highest BCUT2D eigenvalue weighted by atomic mass is 16.6. The van der Waals surface area contributed by atoms with E-state index in [9.17, 15) is 9.59 Å². The van der Waals surface area contributed by atoms with Gasteiger partial charge in [0.2, 0.25) is 0 Å². The van der Waals surface area contributed by atoms with Crippen LogP contribution in [0.15, 0.2) is 24.3 Å². The molecular weight excluding hydrogens is 476 g/mol. The van der Waals surface area contributed by atoms with Crippen molar-refractivity contribution in [3.05, 3.63) is 35.4 Å². The van der Waals surface area contributed by atoms with Gasteiger partial charge in [-0.25, -0.2) is 0 Å². The molecular formula is C32H52N2O4. The van der Waals surface area contributed by atoms with Gasteiger partial charge in [-0.15, -0.1) is 0 Å². The third kappa shape index (κ3) is 8.05. The lowest BCUT2D eigenvalue weighted by molar-refractivity contribution is -0.174. The van der Waals surface area contributed by atoms with E-state index in [-0.39, 0.29) is 11.9 Å². The van der Waals surface area contributed by atoms with Gasteiger partial charge in [0.15, 0.2) is 0 Å². The van der Waals surface area contributed by atoms with Crippen molar-refractivity contribution in [2.24, 2.45) is 22.7 Å². The van der Waals surface area contributed by atoms with Crippen LogP contribution in [0, 0.1) is 22.7 Å². The van der Waals surface area contributed by atoms with Crippen LogP contribution in [0.4, 0.5) is 0 Å². The Morgan fingerprint density at radius 1 is 0.684 bits per heavy atom. The predicted octanol–water partition coefficient (Wildman–Crippen LogP) is 5.47. The lowest BCUT2D eigenvalue weighted by Crippen LogP contribution is -2.45. The van der Waals surface area contributed by atoms with E-state index < -0.39 is 22.0 Å². The fourth-order valence-electron chi connectivity index (χ4n) is 5.97. The molecule has 2 N–H and O–H groups in total. The Balaban J connectivity index is 1.62. The summed E-state index contributed by atoms with van der Waals surface area (Å²) in [7, 11) is 0. The summed E-state index contributed by atoms with van der Waals surface area (Å²) in [5.74, 6) is 0.424. The van der Waals surface area contributed by atoms with Crippen molar-refractivity contribution < 1.29 is 19.1 Å². The van der Waals surface area contributed by atoms with Crippen molar-refractivity contribution in [1.82, 2.24) is 10.6 Å². The fourth-order valence-corrected chi connectivity index (χ4v) is 5.97. The molecule has 214 valence electrons. The topological polar surface area (TPSA) is 76.7 Å². The van der Waals surface area contributed by atoms with Gasteiger partial charge in [-0.3, -0.25) is 9.59 Å². The number of nitrogens with one attached hydrogen (secondary N) is 2. The molecule has 1 aromatic carbocycles. The van der Waals surface area contributed by atoms with Crippen LogP contribution < -0.4 is 10.6 Å². The summed E-state index contributed by atoms with van der Waals surface area (Å²) in [4.78, 5) is 26.6. The first-order valence-corrected chi connectivity index (χ1v) is 14.6. The minimum Gasteiger partial charge on any atom is -0.459 e. The van der Waals surface area contributed by atoms with Crippen LogP contribution in [-0.2, 0) is 31.9 Å². The Morgan fingerprint density at radius 3 is 1.37 bits per heavy atom. The van der Waals surface area contributed by atoms with Crippen LogP contribution in [0.2, 0.25) is 0 Å². The number of carbonyl (C=O) groups excluding carboxylic acids is 2. The number of hydrogen-bond donors (Lipinski definition) is 2. The lowest BCUT2D eigenvalue weighted by atomic mass is 9.80. The zero-order valence-corrected chi connectivity index (χ0v) is 25.2. The summed E-state index contributed by atoms with van der Waals surface area (Å²) in [5.41, 5.74) is -0.131. The molecule has 0 aromatic heterocycles. The average molecular weight is 529 g/mol. The molecule has 0 aliphatic carbocycles. The smallest absolute Gasteiger partial charge is 0.312 e. The number of esters is 2. The van der Waals surface area contributed by atoms with E-state index in [1.165, 1.54) is 0 Å². The zero-order valence-electron chi connectivity index (χ0n) is 25.2. The maximum absolute atomic E-state index is 13.3. The highest BCUT2D eigenvalue weighted by molar-refractivity contribution is 5.77. The number of piperidine rings is 2. The second-order valence-corrected chi connectivity index (χ2v) is 14.0. The Kier molecular flexibility index (Phi) is 9.73. The van der Waals surface area contributed by atoms with Crippen molar-refractivity contribution in [2.75, 3.05) is 26.2 Å². The van der Waals surface area contributed by atoms with Crippen molar-refractivity contribution in [3.8, 4) is 0 Å². The van der Waals surface area contributed by atoms with Gasteiger partial charge in [0.05, 0.1) is 10.8 Å². The molecule has 6 nitrogen and oxygen atoms in total. The third-order valence-corrected chi connectivity index (χ3v) is 8.74. The maximum atomic E-state index is 13.3. The molecule has 0 radical (unpaired) electrons. The molecule has 2 heterocycles. The largest absolute Gasteiger partial charge is 0.459 e. The molecule has 2 saturated heterocycles. The van der Waals surface area contributed by atoms with Crippen LogP contribution in [0.5, 0.6) is 0 Å². The van der Waals surface area contributed by atoms with E-state index in [0.29, 0.717) is 24.7 Å². The van der Waals surface area contributed by atoms with Crippen molar-refractivity contribution in [3.63, 3.8) is 0 Å². The normalized spacial score (nSPS) is 18.7. The van der Waals surface area contributed by atoms with Crippen LogP contribution in [0.1, 0.15) is 92.2 Å². The van der Waals surface area contributed by atoms with Crippen LogP contribution >= 0.6 is 0 Å². The second-order valence-electron chi connectivity index (χ2n) is 14.0. The van der Waals surface area contributed by atoms with E-state index in [4.69, 9.17) is 9.47 Å². The number of benzene rings is 1. The molecule has 0 spiro atoms. The molecule has 38 heavy (non-hydrogen) atoms. The summed E-state index contributed by atoms with van der Waals surface area (Å²) in [6, 6.07) is 8.26. The quantitative estimate of drug-likeness (QED) is 0.393. The van der Waals surface area contributed by atoms with Crippen molar-refractivity contribution >= 4 is 11.9 Å². The molecule has 3 rings (SSSR count). The molecule has 2 aliphatic heterocycles. The van der Waals surface area contributed by atoms with Crippen LogP contribution in [0.3, 0.4) is 0 Å². The van der Waals surface area contributed by atoms with Gasteiger partial charge in [0, 0.05) is 11.8 Å². The minimum atomic E-state index is -0.657. The molecule has 1 aromatic rings. The molecule has 0 unspecified atom stereocenters. The SMILES string of the molecule is CC(C)(Cc1cccc(CC(C)(C)C(=O)OC(C)(C)C2CCNCC2)c1)C(=O)OC(C)(C)C1CCNCC1. The first-order valence-electron chi connectivity index (χ1n) is 14.6. The summed E-state index contributed by atoms with van der Waals surface area (Å²) in [6.45, 7) is 19.9. The fraction of sp³-hybridized carbons (Fsp3) is 0.750. The summed E-state index contributed by atoms with van der Waals surface area (Å²) in [5, 5.41) is 6.77. The van der Waals surface area contributed by atoms with E-state index in [1.54, 1.807) is 0 Å². The Hall–Kier alpha value is -1.92. The average Bonchev–Trinajstić information content (AvgIpc) is 2.84. The lowest BCUT2D eigenvalue weighted by Gasteiger charge is -2.39. The van der Waals surface area contributed by atoms with E-state index in [1.807, 2.05) is 61.5 Å². The molecule has 0 bridgehead atoms. The first-order chi connectivity index (χ1) is 17.6. The maximum Gasteiger partial charge on any atom is 0.312 e. The van der Waals surface area contributed by atoms with Gasteiger partial charge in [-0.05, 0) is 131 Å². The summed E-state index contributed by atoms with van der Waals surface area (Å²) >= 11 is 0. The second kappa shape index (κ2) is 12.1. The van der Waals surface area contributed by atoms with E-state index >= 15 is 0 Å². The number of ether oxygens (including phenoxy) is 2. The molecule has 2 aliphatic rings. The van der Waals surface area contributed by atoms with Gasteiger partial charge in [-0.2, -0.15) is 0 Å². The third-order valence-electron chi connectivity index (χ3n) is 8.74. The summed E-state index contributed by atoms with van der Waals surface area (Å²) < 4.78 is 12.2. The van der Waals surface area contributed by atoms with Gasteiger partial charge >= 0.3 is 11.9 Å². The number of carbonyl (C=O) groups is 2. The van der Waals surface area contributed by atoms with Gasteiger partial charge in [0.1, 0.15) is 11.2 Å². The standard InChI is InChI=1S/C32H52N2O4/c1-29(2,27(35)37-31(5,6)25-12-16-33-17-13-25)21-23-10-9-11-24(20-23)22-30(3,4)28(36)38-32(7,8)26-14-18-34-19-15-26/h9-11,20,25-26,33-34H,12-19,21-22H2,1-8H3. The zero-order chi connectivity index (χ0) is 28.2. The Morgan fingerprint density at radius 2 is 1.03 bits per heavy atom. The minimum absolute atomic E-state index is 0.157. The van der Waals surface area contributed by atoms with Gasteiger partial charge in [0.25, 0.3) is 0 Å². The first kappa shape index (κ1) is 30.6. The molecule has 6 heteroatoms. The summed E-state index contributed by atoms with van der Waals surface area (Å²) in [6.07, 6.45) is 5.25. The van der Waals surface area contributed by atoms with Crippen molar-refractivity contribution in [1.29, 1.82) is 0 Å². The van der Waals surface area contributed by atoms with Gasteiger partial charge < -0.3 is 20.1 Å². The van der Waals surface area contributed by atoms with Crippen LogP contribution in [-0.4, -0.2) is 49.3 Å². The Bertz CT molecular complexity index is 881. The predicted molar refractivity (Wildman–Crippen MR) is 153 cm³/mol. The van der Waals surface area contributed by atoms with Crippen LogP contribution in [0.25, 0.3) is 0 Å². The monoisotopic (exact) mass is 528 g/mol. The Labute approximate surface area is 231 Å². The number of hydrogen-bond acceptors (Lipinski definition) is 6.